The maximum Gasteiger partial charge on any atom is 0.0804 e. The first kappa shape index (κ1) is 13.8. The Kier molecular flexibility index (Phi) is 4.02. The molecule has 1 N–H and O–H groups in total. The molecule has 1 unspecified atom stereocenters. The van der Waals surface area contributed by atoms with Crippen LogP contribution in [0.3, 0.4) is 0 Å². The highest BCUT2D eigenvalue weighted by molar-refractivity contribution is 5.81. The molecule has 21 heavy (non-hydrogen) atoms. The largest absolute Gasteiger partial charge is 0.388 e. The normalized spacial score (nSPS) is 12.7. The van der Waals surface area contributed by atoms with Gasteiger partial charge in [0.1, 0.15) is 0 Å². The zero-order valence-electron chi connectivity index (χ0n) is 12.2. The standard InChI is InChI=1S/C18H20N2O/c1-2-5-17(21)15-9-11-20(12-15)13-16-7-3-6-14-8-4-10-19-18(14)16/h3-4,6-12,17,21H,2,5,13H2,1H3. The lowest BCUT2D eigenvalue weighted by molar-refractivity contribution is 0.166. The molecule has 108 valence electrons. The van der Waals surface area contributed by atoms with E-state index in [1.54, 1.807) is 0 Å². The fourth-order valence-corrected chi connectivity index (χ4v) is 2.69. The summed E-state index contributed by atoms with van der Waals surface area (Å²) in [6.45, 7) is 2.86. The molecule has 1 aromatic carbocycles. The molecule has 0 bridgehead atoms. The van der Waals surface area contributed by atoms with E-state index in [1.807, 2.05) is 30.7 Å². The van der Waals surface area contributed by atoms with Crippen LogP contribution in [0.5, 0.6) is 0 Å². The van der Waals surface area contributed by atoms with E-state index in [2.05, 4.69) is 40.7 Å². The first-order valence-corrected chi connectivity index (χ1v) is 7.44. The molecule has 0 amide bonds. The summed E-state index contributed by atoms with van der Waals surface area (Å²) in [5, 5.41) is 11.2. The summed E-state index contributed by atoms with van der Waals surface area (Å²) in [5.74, 6) is 0. The van der Waals surface area contributed by atoms with Crippen molar-refractivity contribution in [2.24, 2.45) is 0 Å². The molecule has 0 aliphatic heterocycles. The number of para-hydroxylation sites is 1. The molecule has 0 radical (unpaired) electrons. The number of aromatic nitrogens is 2. The first-order valence-electron chi connectivity index (χ1n) is 7.44. The van der Waals surface area contributed by atoms with Gasteiger partial charge in [0, 0.05) is 30.5 Å². The van der Waals surface area contributed by atoms with Gasteiger partial charge < -0.3 is 9.67 Å². The van der Waals surface area contributed by atoms with Crippen LogP contribution in [0.15, 0.2) is 55.0 Å². The van der Waals surface area contributed by atoms with Crippen LogP contribution >= 0.6 is 0 Å². The van der Waals surface area contributed by atoms with E-state index in [0.717, 1.165) is 35.9 Å². The zero-order valence-corrected chi connectivity index (χ0v) is 12.2. The Hall–Kier alpha value is -2.13. The molecule has 0 aliphatic rings. The van der Waals surface area contributed by atoms with Gasteiger partial charge in [0.15, 0.2) is 0 Å². The summed E-state index contributed by atoms with van der Waals surface area (Å²) in [6.07, 6.45) is 7.32. The average molecular weight is 280 g/mol. The number of pyridine rings is 1. The number of hydrogen-bond acceptors (Lipinski definition) is 2. The number of benzene rings is 1. The number of rotatable bonds is 5. The Labute approximate surface area is 124 Å². The van der Waals surface area contributed by atoms with Crippen molar-refractivity contribution in [3.63, 3.8) is 0 Å². The van der Waals surface area contributed by atoms with E-state index in [0.29, 0.717) is 0 Å². The second-order valence-electron chi connectivity index (χ2n) is 5.41. The topological polar surface area (TPSA) is 38.0 Å². The lowest BCUT2D eigenvalue weighted by Crippen LogP contribution is -1.99. The van der Waals surface area contributed by atoms with E-state index in [4.69, 9.17) is 0 Å². The number of aliphatic hydroxyl groups is 1. The Morgan fingerprint density at radius 3 is 2.90 bits per heavy atom. The smallest absolute Gasteiger partial charge is 0.0804 e. The number of hydrogen-bond donors (Lipinski definition) is 1. The van der Waals surface area contributed by atoms with Crippen molar-refractivity contribution in [3.8, 4) is 0 Å². The summed E-state index contributed by atoms with van der Waals surface area (Å²) < 4.78 is 2.11. The van der Waals surface area contributed by atoms with Crippen LogP contribution in [0.25, 0.3) is 10.9 Å². The third kappa shape index (κ3) is 2.98. The highest BCUT2D eigenvalue weighted by Gasteiger charge is 2.09. The molecule has 3 nitrogen and oxygen atoms in total. The molecule has 0 saturated carbocycles. The molecule has 0 spiro atoms. The van der Waals surface area contributed by atoms with Crippen LogP contribution in [-0.2, 0) is 6.54 Å². The van der Waals surface area contributed by atoms with Gasteiger partial charge in [0.05, 0.1) is 11.6 Å². The highest BCUT2D eigenvalue weighted by atomic mass is 16.3. The number of aliphatic hydroxyl groups excluding tert-OH is 1. The van der Waals surface area contributed by atoms with Crippen LogP contribution < -0.4 is 0 Å². The van der Waals surface area contributed by atoms with E-state index < -0.39 is 0 Å². The van der Waals surface area contributed by atoms with Crippen molar-refractivity contribution in [2.75, 3.05) is 0 Å². The lowest BCUT2D eigenvalue weighted by atomic mass is 10.1. The van der Waals surface area contributed by atoms with Crippen molar-refractivity contribution in [3.05, 3.63) is 66.1 Å². The van der Waals surface area contributed by atoms with Gasteiger partial charge in [-0.1, -0.05) is 37.6 Å². The fraction of sp³-hybridized carbons (Fsp3) is 0.278. The van der Waals surface area contributed by atoms with Crippen molar-refractivity contribution in [2.45, 2.75) is 32.4 Å². The Morgan fingerprint density at radius 1 is 1.19 bits per heavy atom. The lowest BCUT2D eigenvalue weighted by Gasteiger charge is -2.08. The fourth-order valence-electron chi connectivity index (χ4n) is 2.69. The van der Waals surface area contributed by atoms with E-state index in [9.17, 15) is 5.11 Å². The van der Waals surface area contributed by atoms with Crippen LogP contribution in [0.2, 0.25) is 0 Å². The maximum atomic E-state index is 10.0. The SMILES string of the molecule is CCCC(O)c1ccn(Cc2cccc3cccnc23)c1. The van der Waals surface area contributed by atoms with E-state index >= 15 is 0 Å². The third-order valence-corrected chi connectivity index (χ3v) is 3.79. The van der Waals surface area contributed by atoms with Crippen molar-refractivity contribution >= 4 is 10.9 Å². The van der Waals surface area contributed by atoms with Gasteiger partial charge in [-0.25, -0.2) is 0 Å². The van der Waals surface area contributed by atoms with Crippen molar-refractivity contribution < 1.29 is 5.11 Å². The van der Waals surface area contributed by atoms with E-state index in [1.165, 1.54) is 5.56 Å². The minimum absolute atomic E-state index is 0.359. The number of fused-ring (bicyclic) bond motifs is 1. The van der Waals surface area contributed by atoms with E-state index in [-0.39, 0.29) is 6.10 Å². The molecular weight excluding hydrogens is 260 g/mol. The predicted octanol–water partition coefficient (Wildman–Crippen LogP) is 3.92. The summed E-state index contributed by atoms with van der Waals surface area (Å²) in [5.41, 5.74) is 3.23. The van der Waals surface area contributed by atoms with Gasteiger partial charge in [-0.2, -0.15) is 0 Å². The Bertz CT molecular complexity index is 727. The minimum Gasteiger partial charge on any atom is -0.388 e. The molecule has 3 aromatic rings. The summed E-state index contributed by atoms with van der Waals surface area (Å²) >= 11 is 0. The second-order valence-corrected chi connectivity index (χ2v) is 5.41. The summed E-state index contributed by atoms with van der Waals surface area (Å²) in [7, 11) is 0. The molecule has 2 heterocycles. The van der Waals surface area contributed by atoms with Gasteiger partial charge in [-0.05, 0) is 29.7 Å². The van der Waals surface area contributed by atoms with Crippen LogP contribution in [-0.4, -0.2) is 14.7 Å². The second kappa shape index (κ2) is 6.10. The molecule has 3 heteroatoms. The first-order chi connectivity index (χ1) is 10.3. The molecule has 0 saturated heterocycles. The molecule has 0 fully saturated rings. The van der Waals surface area contributed by atoms with Gasteiger partial charge in [-0.15, -0.1) is 0 Å². The monoisotopic (exact) mass is 280 g/mol. The van der Waals surface area contributed by atoms with Crippen LogP contribution in [0.1, 0.15) is 37.0 Å². The molecule has 2 aromatic heterocycles. The quantitative estimate of drug-likeness (QED) is 0.769. The molecule has 3 rings (SSSR count). The maximum absolute atomic E-state index is 10.0. The number of nitrogens with zero attached hydrogens (tertiary/aromatic N) is 2. The third-order valence-electron chi connectivity index (χ3n) is 3.79. The summed E-state index contributed by atoms with van der Waals surface area (Å²) in [6, 6.07) is 12.3. The highest BCUT2D eigenvalue weighted by Crippen LogP contribution is 2.21. The van der Waals surface area contributed by atoms with Crippen LogP contribution in [0.4, 0.5) is 0 Å². The van der Waals surface area contributed by atoms with Crippen LogP contribution in [0, 0.1) is 0 Å². The zero-order chi connectivity index (χ0) is 14.7. The summed E-state index contributed by atoms with van der Waals surface area (Å²) in [4.78, 5) is 4.49. The van der Waals surface area contributed by atoms with Gasteiger partial charge in [0.2, 0.25) is 0 Å². The Balaban J connectivity index is 1.86. The van der Waals surface area contributed by atoms with Gasteiger partial charge in [0.25, 0.3) is 0 Å². The molecule has 0 aliphatic carbocycles. The average Bonchev–Trinajstić information content (AvgIpc) is 2.97. The van der Waals surface area contributed by atoms with Crippen molar-refractivity contribution in [1.29, 1.82) is 0 Å². The minimum atomic E-state index is -0.359. The molecule has 1 atom stereocenters. The van der Waals surface area contributed by atoms with Gasteiger partial charge in [-0.3, -0.25) is 4.98 Å². The molecular formula is C18H20N2O. The Morgan fingerprint density at radius 2 is 2.05 bits per heavy atom. The van der Waals surface area contributed by atoms with Crippen molar-refractivity contribution in [1.82, 2.24) is 9.55 Å². The van der Waals surface area contributed by atoms with Gasteiger partial charge >= 0.3 is 0 Å². The predicted molar refractivity (Wildman–Crippen MR) is 85.1 cm³/mol.